The van der Waals surface area contributed by atoms with Gasteiger partial charge in [-0.15, -0.1) is 11.8 Å². The third kappa shape index (κ3) is 2.03. The molecular weight excluding hydrogens is 142 g/mol. The standard InChI is InChI=1S/C8H11NS/c1-3-10-8-6-4-5-7(2)9-8/h4-6H,3H2,1-2H3. The van der Waals surface area contributed by atoms with Crippen molar-refractivity contribution in [3.8, 4) is 0 Å². The van der Waals surface area contributed by atoms with Gasteiger partial charge in [0, 0.05) is 5.69 Å². The van der Waals surface area contributed by atoms with E-state index in [2.05, 4.69) is 11.9 Å². The van der Waals surface area contributed by atoms with Crippen molar-refractivity contribution in [1.29, 1.82) is 0 Å². The van der Waals surface area contributed by atoms with Crippen molar-refractivity contribution in [2.45, 2.75) is 18.9 Å². The summed E-state index contributed by atoms with van der Waals surface area (Å²) in [5.74, 6) is 1.09. The highest BCUT2D eigenvalue weighted by Gasteiger charge is 1.91. The molecule has 54 valence electrons. The van der Waals surface area contributed by atoms with Crippen molar-refractivity contribution in [2.75, 3.05) is 5.75 Å². The van der Waals surface area contributed by atoms with Crippen LogP contribution < -0.4 is 0 Å². The zero-order valence-electron chi connectivity index (χ0n) is 6.29. The fourth-order valence-electron chi connectivity index (χ4n) is 0.746. The molecule has 10 heavy (non-hydrogen) atoms. The molecule has 1 aromatic rings. The zero-order valence-corrected chi connectivity index (χ0v) is 7.11. The summed E-state index contributed by atoms with van der Waals surface area (Å²) >= 11 is 1.78. The second-order valence-electron chi connectivity index (χ2n) is 2.05. The first kappa shape index (κ1) is 7.61. The van der Waals surface area contributed by atoms with E-state index in [9.17, 15) is 0 Å². The molecule has 0 spiro atoms. The number of hydrogen-bond donors (Lipinski definition) is 0. The van der Waals surface area contributed by atoms with Crippen LogP contribution in [0, 0.1) is 6.92 Å². The molecule has 0 saturated heterocycles. The molecule has 0 aromatic carbocycles. The molecule has 1 nitrogen and oxygen atoms in total. The van der Waals surface area contributed by atoms with E-state index in [4.69, 9.17) is 0 Å². The fourth-order valence-corrected chi connectivity index (χ4v) is 1.43. The van der Waals surface area contributed by atoms with Gasteiger partial charge in [-0.05, 0) is 24.8 Å². The van der Waals surface area contributed by atoms with E-state index in [1.54, 1.807) is 11.8 Å². The monoisotopic (exact) mass is 153 g/mol. The lowest BCUT2D eigenvalue weighted by Gasteiger charge is -1.96. The highest BCUT2D eigenvalue weighted by atomic mass is 32.2. The number of hydrogen-bond acceptors (Lipinski definition) is 2. The summed E-state index contributed by atoms with van der Waals surface area (Å²) < 4.78 is 0. The third-order valence-corrected chi connectivity index (χ3v) is 1.97. The molecule has 0 aliphatic heterocycles. The Morgan fingerprint density at radius 3 is 2.90 bits per heavy atom. The number of nitrogens with zero attached hydrogens (tertiary/aromatic N) is 1. The summed E-state index contributed by atoms with van der Waals surface area (Å²) in [6, 6.07) is 6.10. The Bertz CT molecular complexity index is 210. The molecule has 0 aliphatic rings. The minimum Gasteiger partial charge on any atom is -0.247 e. The molecule has 0 atom stereocenters. The number of aryl methyl sites for hydroxylation is 1. The molecule has 1 aromatic heterocycles. The van der Waals surface area contributed by atoms with Gasteiger partial charge in [0.1, 0.15) is 0 Å². The molecule has 0 bridgehead atoms. The molecule has 1 rings (SSSR count). The Hall–Kier alpha value is -0.500. The number of rotatable bonds is 2. The van der Waals surface area contributed by atoms with Crippen LogP contribution in [0.1, 0.15) is 12.6 Å². The molecule has 0 aliphatic carbocycles. The van der Waals surface area contributed by atoms with Gasteiger partial charge < -0.3 is 0 Å². The van der Waals surface area contributed by atoms with E-state index >= 15 is 0 Å². The summed E-state index contributed by atoms with van der Waals surface area (Å²) in [5, 5.41) is 1.13. The van der Waals surface area contributed by atoms with Gasteiger partial charge >= 0.3 is 0 Å². The van der Waals surface area contributed by atoms with Gasteiger partial charge in [0.2, 0.25) is 0 Å². The number of pyridine rings is 1. The third-order valence-electron chi connectivity index (χ3n) is 1.15. The SMILES string of the molecule is CCSc1cccc(C)n1. The average molecular weight is 153 g/mol. The molecule has 2 heteroatoms. The Morgan fingerprint density at radius 1 is 1.50 bits per heavy atom. The molecule has 0 saturated carbocycles. The van der Waals surface area contributed by atoms with Crippen molar-refractivity contribution >= 4 is 11.8 Å². The predicted octanol–water partition coefficient (Wildman–Crippen LogP) is 2.50. The zero-order chi connectivity index (χ0) is 7.40. The molecule has 0 radical (unpaired) electrons. The smallest absolute Gasteiger partial charge is 0.0962 e. The lowest BCUT2D eigenvalue weighted by Crippen LogP contribution is -1.82. The Kier molecular flexibility index (Phi) is 2.75. The van der Waals surface area contributed by atoms with E-state index in [0.29, 0.717) is 0 Å². The van der Waals surface area contributed by atoms with Gasteiger partial charge in [-0.3, -0.25) is 0 Å². The highest BCUT2D eigenvalue weighted by molar-refractivity contribution is 7.99. The maximum Gasteiger partial charge on any atom is 0.0962 e. The Morgan fingerprint density at radius 2 is 2.30 bits per heavy atom. The van der Waals surface area contributed by atoms with E-state index in [1.165, 1.54) is 0 Å². The number of thioether (sulfide) groups is 1. The van der Waals surface area contributed by atoms with Crippen LogP contribution in [-0.2, 0) is 0 Å². The predicted molar refractivity (Wildman–Crippen MR) is 45.4 cm³/mol. The van der Waals surface area contributed by atoms with Gasteiger partial charge in [0.25, 0.3) is 0 Å². The van der Waals surface area contributed by atoms with Crippen LogP contribution in [-0.4, -0.2) is 10.7 Å². The first-order chi connectivity index (χ1) is 4.83. The van der Waals surface area contributed by atoms with Crippen molar-refractivity contribution in [1.82, 2.24) is 4.98 Å². The topological polar surface area (TPSA) is 12.9 Å². The quantitative estimate of drug-likeness (QED) is 0.605. The van der Waals surface area contributed by atoms with Gasteiger partial charge in [0.15, 0.2) is 0 Å². The van der Waals surface area contributed by atoms with Crippen LogP contribution in [0.25, 0.3) is 0 Å². The van der Waals surface area contributed by atoms with Gasteiger partial charge in [-0.25, -0.2) is 4.98 Å². The van der Waals surface area contributed by atoms with Gasteiger partial charge in [-0.2, -0.15) is 0 Å². The second kappa shape index (κ2) is 3.62. The Labute approximate surface area is 65.9 Å². The van der Waals surface area contributed by atoms with E-state index < -0.39 is 0 Å². The minimum atomic E-state index is 1.09. The summed E-state index contributed by atoms with van der Waals surface area (Å²) in [6.07, 6.45) is 0. The normalized spacial score (nSPS) is 9.80. The van der Waals surface area contributed by atoms with E-state index in [0.717, 1.165) is 16.5 Å². The van der Waals surface area contributed by atoms with Gasteiger partial charge in [0.05, 0.1) is 5.03 Å². The first-order valence-electron chi connectivity index (χ1n) is 3.39. The van der Waals surface area contributed by atoms with E-state index in [-0.39, 0.29) is 0 Å². The van der Waals surface area contributed by atoms with Crippen LogP contribution in [0.15, 0.2) is 23.2 Å². The molecule has 0 N–H and O–H groups in total. The summed E-state index contributed by atoms with van der Waals surface area (Å²) in [4.78, 5) is 4.33. The van der Waals surface area contributed by atoms with Crippen LogP contribution >= 0.6 is 11.8 Å². The summed E-state index contributed by atoms with van der Waals surface area (Å²) in [7, 11) is 0. The molecule has 0 unspecified atom stereocenters. The molecule has 0 amide bonds. The van der Waals surface area contributed by atoms with Crippen molar-refractivity contribution < 1.29 is 0 Å². The maximum atomic E-state index is 4.33. The maximum absolute atomic E-state index is 4.33. The summed E-state index contributed by atoms with van der Waals surface area (Å²) in [5.41, 5.74) is 1.10. The van der Waals surface area contributed by atoms with Crippen LogP contribution in [0.5, 0.6) is 0 Å². The highest BCUT2D eigenvalue weighted by Crippen LogP contribution is 2.13. The second-order valence-corrected chi connectivity index (χ2v) is 3.33. The van der Waals surface area contributed by atoms with Crippen LogP contribution in [0.2, 0.25) is 0 Å². The lowest BCUT2D eigenvalue weighted by molar-refractivity contribution is 1.06. The fraction of sp³-hybridized carbons (Fsp3) is 0.375. The summed E-state index contributed by atoms with van der Waals surface area (Å²) in [6.45, 7) is 4.15. The van der Waals surface area contributed by atoms with Crippen LogP contribution in [0.4, 0.5) is 0 Å². The van der Waals surface area contributed by atoms with Crippen molar-refractivity contribution in [2.24, 2.45) is 0 Å². The first-order valence-corrected chi connectivity index (χ1v) is 4.38. The van der Waals surface area contributed by atoms with Crippen molar-refractivity contribution in [3.63, 3.8) is 0 Å². The van der Waals surface area contributed by atoms with Crippen LogP contribution in [0.3, 0.4) is 0 Å². The average Bonchev–Trinajstić information content (AvgIpc) is 1.88. The largest absolute Gasteiger partial charge is 0.247 e. The van der Waals surface area contributed by atoms with E-state index in [1.807, 2.05) is 25.1 Å². The molecular formula is C8H11NS. The lowest BCUT2D eigenvalue weighted by atomic mass is 10.4. The molecule has 1 heterocycles. The Balaban J connectivity index is 2.75. The van der Waals surface area contributed by atoms with Gasteiger partial charge in [-0.1, -0.05) is 13.0 Å². The number of aromatic nitrogens is 1. The molecule has 0 fully saturated rings. The van der Waals surface area contributed by atoms with Crippen molar-refractivity contribution in [3.05, 3.63) is 23.9 Å². The minimum absolute atomic E-state index is 1.09.